The highest BCUT2D eigenvalue weighted by atomic mass is 19.4. The summed E-state index contributed by atoms with van der Waals surface area (Å²) in [5.41, 5.74) is 0.643. The number of hydrogen-bond acceptors (Lipinski definition) is 5. The molecule has 7 nitrogen and oxygen atoms in total. The molecule has 0 fully saturated rings. The third-order valence-electron chi connectivity index (χ3n) is 3.44. The number of carbonyl (C=O) groups excluding carboxylic acids is 1. The smallest absolute Gasteiger partial charge is 0.345 e. The topological polar surface area (TPSA) is 85.6 Å². The van der Waals surface area contributed by atoms with E-state index in [0.717, 1.165) is 12.1 Å². The zero-order chi connectivity index (χ0) is 18.6. The second kappa shape index (κ2) is 7.30. The fraction of sp³-hybridized carbons (Fsp3) is 0.188. The molecule has 0 atom stereocenters. The monoisotopic (exact) mass is 362 g/mol. The molecule has 10 heteroatoms. The fourth-order valence-corrected chi connectivity index (χ4v) is 2.16. The lowest BCUT2D eigenvalue weighted by atomic mass is 10.1. The van der Waals surface area contributed by atoms with Gasteiger partial charge in [-0.1, -0.05) is 17.3 Å². The van der Waals surface area contributed by atoms with Crippen LogP contribution in [0.25, 0.3) is 0 Å². The van der Waals surface area contributed by atoms with Crippen molar-refractivity contribution in [2.24, 2.45) is 0 Å². The average Bonchev–Trinajstić information content (AvgIpc) is 3.07. The van der Waals surface area contributed by atoms with Crippen molar-refractivity contribution in [1.29, 1.82) is 0 Å². The first-order chi connectivity index (χ1) is 12.4. The van der Waals surface area contributed by atoms with Crippen molar-refractivity contribution in [3.8, 4) is 0 Å². The van der Waals surface area contributed by atoms with Gasteiger partial charge >= 0.3 is 6.18 Å². The summed E-state index contributed by atoms with van der Waals surface area (Å²) in [5.74, 6) is -0.393. The molecule has 0 saturated carbocycles. The predicted octanol–water partition coefficient (Wildman–Crippen LogP) is 2.07. The minimum absolute atomic E-state index is 0.141. The van der Waals surface area contributed by atoms with E-state index >= 15 is 0 Å². The minimum atomic E-state index is -4.36. The summed E-state index contributed by atoms with van der Waals surface area (Å²) in [7, 11) is 0. The van der Waals surface area contributed by atoms with E-state index in [9.17, 15) is 18.0 Å². The van der Waals surface area contributed by atoms with Crippen molar-refractivity contribution in [2.45, 2.75) is 19.3 Å². The van der Waals surface area contributed by atoms with Crippen LogP contribution in [0.4, 0.5) is 13.2 Å². The third-order valence-corrected chi connectivity index (χ3v) is 3.44. The van der Waals surface area contributed by atoms with Crippen LogP contribution in [-0.2, 0) is 19.3 Å². The summed E-state index contributed by atoms with van der Waals surface area (Å²) in [6.45, 7) is 0.408. The van der Waals surface area contributed by atoms with Crippen LogP contribution in [0.3, 0.4) is 0 Å². The molecule has 0 aliphatic carbocycles. The van der Waals surface area contributed by atoms with E-state index in [4.69, 9.17) is 0 Å². The van der Waals surface area contributed by atoms with E-state index in [1.807, 2.05) is 0 Å². The Hall–Kier alpha value is -3.30. The number of rotatable bonds is 5. The van der Waals surface area contributed by atoms with Gasteiger partial charge in [-0.05, 0) is 17.7 Å². The standard InChI is InChI=1S/C16H13F3N6O/c17-16(18,19)12-3-1-11(2-4-12)9-25-10-13(23-24-25)7-22-15(26)14-8-20-5-6-21-14/h1-6,8,10H,7,9H2,(H,22,26). The summed E-state index contributed by atoms with van der Waals surface area (Å²) < 4.78 is 39.1. The van der Waals surface area contributed by atoms with Crippen LogP contribution in [0.1, 0.15) is 27.3 Å². The van der Waals surface area contributed by atoms with Gasteiger partial charge in [-0.2, -0.15) is 13.2 Å². The molecular weight excluding hydrogens is 349 g/mol. The molecule has 0 radical (unpaired) electrons. The Balaban J connectivity index is 1.57. The van der Waals surface area contributed by atoms with Gasteiger partial charge < -0.3 is 5.32 Å². The molecule has 26 heavy (non-hydrogen) atoms. The van der Waals surface area contributed by atoms with Gasteiger partial charge in [0.05, 0.1) is 31.0 Å². The zero-order valence-corrected chi connectivity index (χ0v) is 13.3. The van der Waals surface area contributed by atoms with Crippen LogP contribution < -0.4 is 5.32 Å². The Kier molecular flexibility index (Phi) is 4.92. The van der Waals surface area contributed by atoms with Crippen LogP contribution >= 0.6 is 0 Å². The highest BCUT2D eigenvalue weighted by Crippen LogP contribution is 2.29. The maximum absolute atomic E-state index is 12.6. The maximum Gasteiger partial charge on any atom is 0.416 e. The number of aromatic nitrogens is 5. The molecule has 0 bridgehead atoms. The Morgan fingerprint density at radius 1 is 1.15 bits per heavy atom. The van der Waals surface area contributed by atoms with E-state index in [2.05, 4.69) is 25.6 Å². The number of hydrogen-bond donors (Lipinski definition) is 1. The van der Waals surface area contributed by atoms with Crippen molar-refractivity contribution in [1.82, 2.24) is 30.3 Å². The lowest BCUT2D eigenvalue weighted by Gasteiger charge is -2.07. The molecule has 2 heterocycles. The predicted molar refractivity (Wildman–Crippen MR) is 83.8 cm³/mol. The molecule has 3 aromatic rings. The van der Waals surface area contributed by atoms with Crippen molar-refractivity contribution in [3.63, 3.8) is 0 Å². The summed E-state index contributed by atoms with van der Waals surface area (Å²) in [4.78, 5) is 19.6. The van der Waals surface area contributed by atoms with E-state index in [1.165, 1.54) is 35.4 Å². The van der Waals surface area contributed by atoms with Gasteiger partial charge in [0.1, 0.15) is 11.4 Å². The summed E-state index contributed by atoms with van der Waals surface area (Å²) in [5, 5.41) is 10.4. The SMILES string of the molecule is O=C(NCc1cn(Cc2ccc(C(F)(F)F)cc2)nn1)c1cnccn1. The van der Waals surface area contributed by atoms with Crippen molar-refractivity contribution in [2.75, 3.05) is 0 Å². The number of benzene rings is 1. The lowest BCUT2D eigenvalue weighted by Crippen LogP contribution is -2.24. The normalized spacial score (nSPS) is 11.3. The highest BCUT2D eigenvalue weighted by molar-refractivity contribution is 5.91. The summed E-state index contributed by atoms with van der Waals surface area (Å²) in [6, 6.07) is 4.82. The average molecular weight is 362 g/mol. The van der Waals surface area contributed by atoms with Crippen LogP contribution in [0.5, 0.6) is 0 Å². The second-order valence-corrected chi connectivity index (χ2v) is 5.38. The number of nitrogens with zero attached hydrogens (tertiary/aromatic N) is 5. The third kappa shape index (κ3) is 4.41. The Bertz CT molecular complexity index is 877. The molecule has 1 aromatic carbocycles. The molecule has 0 unspecified atom stereocenters. The van der Waals surface area contributed by atoms with Crippen molar-refractivity contribution < 1.29 is 18.0 Å². The van der Waals surface area contributed by atoms with Crippen LogP contribution in [0.15, 0.2) is 49.1 Å². The largest absolute Gasteiger partial charge is 0.416 e. The molecule has 134 valence electrons. The number of carbonyl (C=O) groups is 1. The quantitative estimate of drug-likeness (QED) is 0.751. The van der Waals surface area contributed by atoms with E-state index in [1.54, 1.807) is 6.20 Å². The van der Waals surface area contributed by atoms with Gasteiger partial charge in [-0.25, -0.2) is 9.67 Å². The first kappa shape index (κ1) is 17.5. The molecule has 1 amide bonds. The fourth-order valence-electron chi connectivity index (χ4n) is 2.16. The van der Waals surface area contributed by atoms with Gasteiger partial charge in [-0.3, -0.25) is 9.78 Å². The molecule has 0 aliphatic rings. The zero-order valence-electron chi connectivity index (χ0n) is 13.3. The molecule has 0 aliphatic heterocycles. The highest BCUT2D eigenvalue weighted by Gasteiger charge is 2.29. The minimum Gasteiger partial charge on any atom is -0.345 e. The van der Waals surface area contributed by atoms with Crippen LogP contribution in [0, 0.1) is 0 Å². The molecule has 0 spiro atoms. The van der Waals surface area contributed by atoms with Gasteiger partial charge in [0, 0.05) is 12.4 Å². The molecule has 2 aromatic heterocycles. The van der Waals surface area contributed by atoms with Gasteiger partial charge in [-0.15, -0.1) is 5.10 Å². The lowest BCUT2D eigenvalue weighted by molar-refractivity contribution is -0.137. The van der Waals surface area contributed by atoms with E-state index in [0.29, 0.717) is 11.3 Å². The maximum atomic E-state index is 12.6. The second-order valence-electron chi connectivity index (χ2n) is 5.38. The van der Waals surface area contributed by atoms with Gasteiger partial charge in [0.25, 0.3) is 5.91 Å². The molecule has 1 N–H and O–H groups in total. The number of alkyl halides is 3. The van der Waals surface area contributed by atoms with Crippen LogP contribution in [-0.4, -0.2) is 30.9 Å². The Morgan fingerprint density at radius 2 is 1.92 bits per heavy atom. The summed E-state index contributed by atoms with van der Waals surface area (Å²) in [6.07, 6.45) is 1.46. The van der Waals surface area contributed by atoms with Gasteiger partial charge in [0.2, 0.25) is 0 Å². The number of amides is 1. The number of nitrogens with one attached hydrogen (secondary N) is 1. The molecule has 0 saturated heterocycles. The Morgan fingerprint density at radius 3 is 2.58 bits per heavy atom. The van der Waals surface area contributed by atoms with Crippen molar-refractivity contribution >= 4 is 5.91 Å². The Labute approximate surface area is 145 Å². The van der Waals surface area contributed by atoms with Crippen molar-refractivity contribution in [3.05, 3.63) is 71.6 Å². The van der Waals surface area contributed by atoms with Gasteiger partial charge in [0.15, 0.2) is 0 Å². The first-order valence-corrected chi connectivity index (χ1v) is 7.51. The van der Waals surface area contributed by atoms with E-state index in [-0.39, 0.29) is 18.8 Å². The number of halogens is 3. The summed E-state index contributed by atoms with van der Waals surface area (Å²) >= 11 is 0. The van der Waals surface area contributed by atoms with Crippen LogP contribution in [0.2, 0.25) is 0 Å². The van der Waals surface area contributed by atoms with E-state index < -0.39 is 17.6 Å². The first-order valence-electron chi connectivity index (χ1n) is 7.51. The molecule has 3 rings (SSSR count). The molecular formula is C16H13F3N6O.